The van der Waals surface area contributed by atoms with E-state index in [0.29, 0.717) is 12.1 Å². The van der Waals surface area contributed by atoms with E-state index in [1.165, 1.54) is 12.1 Å². The van der Waals surface area contributed by atoms with Gasteiger partial charge in [-0.3, -0.25) is 4.79 Å². The van der Waals surface area contributed by atoms with E-state index in [1.807, 2.05) is 0 Å². The summed E-state index contributed by atoms with van der Waals surface area (Å²) < 4.78 is 0. The van der Waals surface area contributed by atoms with Gasteiger partial charge in [0.2, 0.25) is 0 Å². The molecule has 0 atom stereocenters. The van der Waals surface area contributed by atoms with E-state index in [2.05, 4.69) is 6.92 Å². The van der Waals surface area contributed by atoms with Crippen LogP contribution in [0, 0.1) is 0 Å². The first-order valence-electron chi connectivity index (χ1n) is 5.88. The Morgan fingerprint density at radius 3 is 2.61 bits per heavy atom. The fraction of sp³-hybridized carbons (Fsp3) is 0.417. The Morgan fingerprint density at radius 2 is 2.11 bits per heavy atom. The highest BCUT2D eigenvalue weighted by Crippen LogP contribution is 2.11. The molecule has 0 unspecified atom stereocenters. The molecular formula is C12H17BClNO3. The van der Waals surface area contributed by atoms with Crippen molar-refractivity contribution in [1.82, 2.24) is 4.90 Å². The molecule has 2 N–H and O–H groups in total. The van der Waals surface area contributed by atoms with E-state index in [1.54, 1.807) is 18.0 Å². The van der Waals surface area contributed by atoms with Gasteiger partial charge in [0.25, 0.3) is 5.91 Å². The summed E-state index contributed by atoms with van der Waals surface area (Å²) in [6.45, 7) is 2.75. The van der Waals surface area contributed by atoms with Crippen LogP contribution in [0.1, 0.15) is 30.1 Å². The second kappa shape index (κ2) is 6.78. The Bertz CT molecular complexity index is 426. The molecule has 0 spiro atoms. The number of unbranched alkanes of at least 4 members (excludes halogenated alkanes) is 1. The monoisotopic (exact) mass is 269 g/mol. The third-order valence-electron chi connectivity index (χ3n) is 2.72. The van der Waals surface area contributed by atoms with Crippen LogP contribution in [-0.2, 0) is 0 Å². The summed E-state index contributed by atoms with van der Waals surface area (Å²) in [7, 11) is 0.111. The van der Waals surface area contributed by atoms with Gasteiger partial charge in [0, 0.05) is 29.6 Å². The molecule has 1 rings (SSSR count). The highest BCUT2D eigenvalue weighted by atomic mass is 35.5. The maximum Gasteiger partial charge on any atom is 0.489 e. The minimum absolute atomic E-state index is 0.121. The molecule has 0 aliphatic rings. The van der Waals surface area contributed by atoms with Crippen molar-refractivity contribution < 1.29 is 14.8 Å². The number of halogens is 1. The topological polar surface area (TPSA) is 60.8 Å². The van der Waals surface area contributed by atoms with Crippen molar-refractivity contribution in [2.75, 3.05) is 13.6 Å². The summed E-state index contributed by atoms with van der Waals surface area (Å²) >= 11 is 5.89. The lowest BCUT2D eigenvalue weighted by Gasteiger charge is -2.17. The maximum atomic E-state index is 12.0. The van der Waals surface area contributed by atoms with Crippen LogP contribution in [0.5, 0.6) is 0 Å². The Labute approximate surface area is 112 Å². The largest absolute Gasteiger partial charge is 0.489 e. The second-order valence-corrected chi connectivity index (χ2v) is 4.60. The zero-order valence-electron chi connectivity index (χ0n) is 10.6. The molecule has 0 heterocycles. The number of hydrogen-bond donors (Lipinski definition) is 2. The summed E-state index contributed by atoms with van der Waals surface area (Å²) in [5.74, 6) is -0.121. The lowest BCUT2D eigenvalue weighted by molar-refractivity contribution is 0.0793. The summed E-state index contributed by atoms with van der Waals surface area (Å²) in [5.41, 5.74) is 0.646. The molecule has 98 valence electrons. The first-order valence-corrected chi connectivity index (χ1v) is 6.26. The van der Waals surface area contributed by atoms with Crippen LogP contribution >= 0.6 is 11.6 Å². The van der Waals surface area contributed by atoms with Crippen molar-refractivity contribution in [3.63, 3.8) is 0 Å². The van der Waals surface area contributed by atoms with Crippen LogP contribution in [0.3, 0.4) is 0 Å². The lowest BCUT2D eigenvalue weighted by atomic mass is 9.80. The van der Waals surface area contributed by atoms with Crippen molar-refractivity contribution >= 4 is 30.1 Å². The van der Waals surface area contributed by atoms with Crippen molar-refractivity contribution in [3.8, 4) is 0 Å². The van der Waals surface area contributed by atoms with Gasteiger partial charge < -0.3 is 14.9 Å². The molecule has 0 fully saturated rings. The third kappa shape index (κ3) is 3.73. The predicted molar refractivity (Wildman–Crippen MR) is 73.1 cm³/mol. The predicted octanol–water partition coefficient (Wildman–Crippen LogP) is 0.892. The lowest BCUT2D eigenvalue weighted by Crippen LogP contribution is -2.32. The standard InChI is InChI=1S/C12H17BClNO3/c1-3-4-7-15(2)12(16)9-5-6-10(13(17)18)11(14)8-9/h5-6,8,17-18H,3-4,7H2,1-2H3. The maximum absolute atomic E-state index is 12.0. The first-order chi connectivity index (χ1) is 8.47. The highest BCUT2D eigenvalue weighted by Gasteiger charge is 2.18. The molecule has 0 saturated carbocycles. The molecule has 1 aromatic carbocycles. The van der Waals surface area contributed by atoms with E-state index >= 15 is 0 Å². The van der Waals surface area contributed by atoms with Gasteiger partial charge in [-0.2, -0.15) is 0 Å². The molecule has 0 radical (unpaired) electrons. The number of rotatable bonds is 5. The van der Waals surface area contributed by atoms with Crippen LogP contribution in [0.4, 0.5) is 0 Å². The van der Waals surface area contributed by atoms with Gasteiger partial charge in [0.05, 0.1) is 0 Å². The molecule has 18 heavy (non-hydrogen) atoms. The van der Waals surface area contributed by atoms with Gasteiger partial charge in [0.1, 0.15) is 0 Å². The average Bonchev–Trinajstić information content (AvgIpc) is 2.34. The van der Waals surface area contributed by atoms with E-state index in [0.717, 1.165) is 12.8 Å². The fourth-order valence-corrected chi connectivity index (χ4v) is 1.86. The fourth-order valence-electron chi connectivity index (χ4n) is 1.59. The van der Waals surface area contributed by atoms with Gasteiger partial charge in [-0.05, 0) is 18.6 Å². The molecule has 0 aromatic heterocycles. The molecule has 1 amide bonds. The summed E-state index contributed by atoms with van der Waals surface area (Å²) in [6.07, 6.45) is 1.97. The van der Waals surface area contributed by atoms with E-state index in [9.17, 15) is 4.79 Å². The normalized spacial score (nSPS) is 10.3. The van der Waals surface area contributed by atoms with Crippen LogP contribution in [0.2, 0.25) is 5.02 Å². The number of hydrogen-bond acceptors (Lipinski definition) is 3. The van der Waals surface area contributed by atoms with Gasteiger partial charge in [0.15, 0.2) is 0 Å². The van der Waals surface area contributed by atoms with Crippen molar-refractivity contribution in [2.45, 2.75) is 19.8 Å². The van der Waals surface area contributed by atoms with Crippen molar-refractivity contribution in [2.24, 2.45) is 0 Å². The zero-order chi connectivity index (χ0) is 13.7. The van der Waals surface area contributed by atoms with Gasteiger partial charge >= 0.3 is 7.12 Å². The average molecular weight is 270 g/mol. The SMILES string of the molecule is CCCCN(C)C(=O)c1ccc(B(O)O)c(Cl)c1. The Morgan fingerprint density at radius 1 is 1.44 bits per heavy atom. The number of benzene rings is 1. The Kier molecular flexibility index (Phi) is 5.66. The number of nitrogens with zero attached hydrogens (tertiary/aromatic N) is 1. The summed E-state index contributed by atoms with van der Waals surface area (Å²) in [6, 6.07) is 4.46. The molecule has 0 bridgehead atoms. The number of amides is 1. The Balaban J connectivity index is 2.84. The number of carbonyl (C=O) groups is 1. The molecule has 1 aromatic rings. The van der Waals surface area contributed by atoms with Gasteiger partial charge in [-0.15, -0.1) is 0 Å². The molecule has 0 aliphatic carbocycles. The smallest absolute Gasteiger partial charge is 0.423 e. The van der Waals surface area contributed by atoms with E-state index in [-0.39, 0.29) is 16.4 Å². The third-order valence-corrected chi connectivity index (χ3v) is 3.05. The van der Waals surface area contributed by atoms with Crippen molar-refractivity contribution in [1.29, 1.82) is 0 Å². The molecule has 4 nitrogen and oxygen atoms in total. The van der Waals surface area contributed by atoms with E-state index in [4.69, 9.17) is 21.6 Å². The minimum atomic E-state index is -1.63. The Hall–Kier alpha value is -1.04. The van der Waals surface area contributed by atoms with Gasteiger partial charge in [-0.25, -0.2) is 0 Å². The minimum Gasteiger partial charge on any atom is -0.423 e. The van der Waals surface area contributed by atoms with Gasteiger partial charge in [-0.1, -0.05) is 31.0 Å². The molecule has 6 heteroatoms. The molecule has 0 aliphatic heterocycles. The quantitative estimate of drug-likeness (QED) is 0.781. The van der Waals surface area contributed by atoms with E-state index < -0.39 is 7.12 Å². The van der Waals surface area contributed by atoms with Crippen LogP contribution in [0.15, 0.2) is 18.2 Å². The highest BCUT2D eigenvalue weighted by molar-refractivity contribution is 6.62. The molecule has 0 saturated heterocycles. The summed E-state index contributed by atoms with van der Waals surface area (Å²) in [5, 5.41) is 18.3. The molecular weight excluding hydrogens is 252 g/mol. The van der Waals surface area contributed by atoms with Crippen LogP contribution < -0.4 is 5.46 Å². The van der Waals surface area contributed by atoms with Crippen LogP contribution in [0.25, 0.3) is 0 Å². The van der Waals surface area contributed by atoms with Crippen LogP contribution in [-0.4, -0.2) is 41.6 Å². The number of carbonyl (C=O) groups excluding carboxylic acids is 1. The summed E-state index contributed by atoms with van der Waals surface area (Å²) in [4.78, 5) is 13.7. The zero-order valence-corrected chi connectivity index (χ0v) is 11.3. The second-order valence-electron chi connectivity index (χ2n) is 4.19. The first kappa shape index (κ1) is 15.0. The van der Waals surface area contributed by atoms with Crippen molar-refractivity contribution in [3.05, 3.63) is 28.8 Å².